The molecule has 0 saturated heterocycles. The van der Waals surface area contributed by atoms with Crippen LogP contribution in [0.1, 0.15) is 15.4 Å². The minimum atomic E-state index is 0.573. The number of benzene rings is 1. The molecule has 0 unspecified atom stereocenters. The Labute approximate surface area is 127 Å². The summed E-state index contributed by atoms with van der Waals surface area (Å²) in [6.45, 7) is 2.80. The first kappa shape index (κ1) is 13.5. The van der Waals surface area contributed by atoms with Crippen molar-refractivity contribution < 1.29 is 0 Å². The summed E-state index contributed by atoms with van der Waals surface area (Å²) in [4.78, 5) is 9.88. The predicted molar refractivity (Wildman–Crippen MR) is 85.5 cm³/mol. The van der Waals surface area contributed by atoms with E-state index in [4.69, 9.17) is 0 Å². The third kappa shape index (κ3) is 2.86. The molecule has 0 aliphatic carbocycles. The van der Waals surface area contributed by atoms with Gasteiger partial charge >= 0.3 is 0 Å². The molecule has 0 amide bonds. The first-order valence-electron chi connectivity index (χ1n) is 6.71. The number of hydrogen-bond donors (Lipinski definition) is 1. The Balaban J connectivity index is 1.84. The Morgan fingerprint density at radius 1 is 1.24 bits per heavy atom. The Hall–Kier alpha value is -2.45. The summed E-state index contributed by atoms with van der Waals surface area (Å²) in [5.41, 5.74) is 2.32. The second-order valence-electron chi connectivity index (χ2n) is 4.72. The summed E-state index contributed by atoms with van der Waals surface area (Å²) in [5, 5.41) is 14.7. The molecule has 104 valence electrons. The summed E-state index contributed by atoms with van der Waals surface area (Å²) >= 11 is 1.71. The summed E-state index contributed by atoms with van der Waals surface area (Å²) in [6.07, 6.45) is 4.36. The number of fused-ring (bicyclic) bond motifs is 1. The van der Waals surface area contributed by atoms with Crippen molar-refractivity contribution in [3.8, 4) is 6.07 Å². The SMILES string of the molecule is Cc1cnc(CCNc2c(C#N)cnc3ccccc23)s1. The third-order valence-electron chi connectivity index (χ3n) is 3.21. The fourth-order valence-corrected chi connectivity index (χ4v) is 3.01. The zero-order valence-corrected chi connectivity index (χ0v) is 12.4. The molecule has 2 heterocycles. The van der Waals surface area contributed by atoms with Gasteiger partial charge in [-0.25, -0.2) is 4.98 Å². The summed E-state index contributed by atoms with van der Waals surface area (Å²) in [6, 6.07) is 10.0. The number of nitrogens with zero attached hydrogens (tertiary/aromatic N) is 3. The zero-order chi connectivity index (χ0) is 14.7. The molecule has 0 fully saturated rings. The molecule has 0 aliphatic heterocycles. The third-order valence-corrected chi connectivity index (χ3v) is 4.18. The van der Waals surface area contributed by atoms with Crippen molar-refractivity contribution in [3.05, 3.63) is 52.1 Å². The van der Waals surface area contributed by atoms with Gasteiger partial charge < -0.3 is 5.32 Å². The Morgan fingerprint density at radius 3 is 2.86 bits per heavy atom. The molecule has 2 aromatic heterocycles. The fourth-order valence-electron chi connectivity index (χ4n) is 2.23. The fraction of sp³-hybridized carbons (Fsp3) is 0.188. The van der Waals surface area contributed by atoms with Crippen LogP contribution in [-0.2, 0) is 6.42 Å². The first-order chi connectivity index (χ1) is 10.3. The van der Waals surface area contributed by atoms with Crippen molar-refractivity contribution in [1.29, 1.82) is 5.26 Å². The van der Waals surface area contributed by atoms with Crippen LogP contribution in [0.2, 0.25) is 0 Å². The van der Waals surface area contributed by atoms with Crippen molar-refractivity contribution in [2.75, 3.05) is 11.9 Å². The van der Waals surface area contributed by atoms with Gasteiger partial charge in [-0.05, 0) is 13.0 Å². The molecule has 0 saturated carbocycles. The van der Waals surface area contributed by atoms with E-state index in [0.29, 0.717) is 5.56 Å². The monoisotopic (exact) mass is 294 g/mol. The number of hydrogen-bond acceptors (Lipinski definition) is 5. The van der Waals surface area contributed by atoms with Gasteiger partial charge in [0.1, 0.15) is 6.07 Å². The number of anilines is 1. The minimum Gasteiger partial charge on any atom is -0.383 e. The number of aryl methyl sites for hydroxylation is 1. The highest BCUT2D eigenvalue weighted by molar-refractivity contribution is 7.11. The molecule has 0 spiro atoms. The van der Waals surface area contributed by atoms with E-state index in [0.717, 1.165) is 34.6 Å². The Kier molecular flexibility index (Phi) is 3.80. The largest absolute Gasteiger partial charge is 0.383 e. The second kappa shape index (κ2) is 5.90. The van der Waals surface area contributed by atoms with Gasteiger partial charge in [0.15, 0.2) is 0 Å². The highest BCUT2D eigenvalue weighted by atomic mass is 32.1. The average molecular weight is 294 g/mol. The molecular formula is C16H14N4S. The number of nitrogens with one attached hydrogen (secondary N) is 1. The molecular weight excluding hydrogens is 280 g/mol. The van der Waals surface area contributed by atoms with Crippen LogP contribution in [0.5, 0.6) is 0 Å². The van der Waals surface area contributed by atoms with Crippen LogP contribution >= 0.6 is 11.3 Å². The van der Waals surface area contributed by atoms with Crippen molar-refractivity contribution in [1.82, 2.24) is 9.97 Å². The van der Waals surface area contributed by atoms with Crippen LogP contribution in [0.15, 0.2) is 36.7 Å². The van der Waals surface area contributed by atoms with Gasteiger partial charge in [-0.1, -0.05) is 18.2 Å². The second-order valence-corrected chi connectivity index (χ2v) is 6.04. The summed E-state index contributed by atoms with van der Waals surface area (Å²) < 4.78 is 0. The van der Waals surface area contributed by atoms with Crippen molar-refractivity contribution >= 4 is 27.9 Å². The number of para-hydroxylation sites is 1. The lowest BCUT2D eigenvalue weighted by atomic mass is 10.1. The van der Waals surface area contributed by atoms with Crippen LogP contribution in [-0.4, -0.2) is 16.5 Å². The van der Waals surface area contributed by atoms with Gasteiger partial charge in [0.25, 0.3) is 0 Å². The molecule has 3 rings (SSSR count). The number of nitriles is 1. The normalized spacial score (nSPS) is 10.5. The highest BCUT2D eigenvalue weighted by Gasteiger charge is 2.08. The molecule has 21 heavy (non-hydrogen) atoms. The maximum absolute atomic E-state index is 9.26. The van der Waals surface area contributed by atoms with Gasteiger partial charge in [0.05, 0.1) is 21.8 Å². The lowest BCUT2D eigenvalue weighted by molar-refractivity contribution is 0.998. The Morgan fingerprint density at radius 2 is 2.10 bits per heavy atom. The molecule has 0 radical (unpaired) electrons. The van der Waals surface area contributed by atoms with Crippen LogP contribution in [0.25, 0.3) is 10.9 Å². The van der Waals surface area contributed by atoms with Crippen LogP contribution in [0.3, 0.4) is 0 Å². The number of rotatable bonds is 4. The minimum absolute atomic E-state index is 0.573. The maximum atomic E-state index is 9.26. The van der Waals surface area contributed by atoms with E-state index in [9.17, 15) is 5.26 Å². The quantitative estimate of drug-likeness (QED) is 0.799. The van der Waals surface area contributed by atoms with E-state index in [2.05, 4.69) is 28.3 Å². The van der Waals surface area contributed by atoms with E-state index in [1.165, 1.54) is 4.88 Å². The van der Waals surface area contributed by atoms with Crippen LogP contribution in [0, 0.1) is 18.3 Å². The molecule has 1 N–H and O–H groups in total. The van der Waals surface area contributed by atoms with E-state index in [1.54, 1.807) is 17.5 Å². The van der Waals surface area contributed by atoms with Crippen molar-refractivity contribution in [3.63, 3.8) is 0 Å². The average Bonchev–Trinajstić information content (AvgIpc) is 2.93. The van der Waals surface area contributed by atoms with Gasteiger partial charge in [-0.15, -0.1) is 11.3 Å². The zero-order valence-electron chi connectivity index (χ0n) is 11.6. The smallest absolute Gasteiger partial charge is 0.103 e. The van der Waals surface area contributed by atoms with Crippen LogP contribution in [0.4, 0.5) is 5.69 Å². The molecule has 0 atom stereocenters. The Bertz CT molecular complexity index is 817. The molecule has 0 bridgehead atoms. The lowest BCUT2D eigenvalue weighted by Crippen LogP contribution is -2.07. The van der Waals surface area contributed by atoms with Gasteiger partial charge in [0, 0.05) is 35.6 Å². The topological polar surface area (TPSA) is 61.6 Å². The highest BCUT2D eigenvalue weighted by Crippen LogP contribution is 2.25. The van der Waals surface area contributed by atoms with E-state index in [-0.39, 0.29) is 0 Å². The standard InChI is InChI=1S/C16H14N4S/c1-11-9-20-15(21-11)6-7-18-16-12(8-17)10-19-14-5-3-2-4-13(14)16/h2-5,9-10H,6-7H2,1H3,(H,18,19). The van der Waals surface area contributed by atoms with E-state index < -0.39 is 0 Å². The summed E-state index contributed by atoms with van der Waals surface area (Å²) in [5.74, 6) is 0. The van der Waals surface area contributed by atoms with Gasteiger partial charge in [0.2, 0.25) is 0 Å². The van der Waals surface area contributed by atoms with Crippen molar-refractivity contribution in [2.24, 2.45) is 0 Å². The number of pyridine rings is 1. The molecule has 5 heteroatoms. The number of aromatic nitrogens is 2. The van der Waals surface area contributed by atoms with E-state index in [1.807, 2.05) is 30.5 Å². The van der Waals surface area contributed by atoms with Gasteiger partial charge in [-0.2, -0.15) is 5.26 Å². The molecule has 3 aromatic rings. The van der Waals surface area contributed by atoms with Crippen LogP contribution < -0.4 is 5.32 Å². The van der Waals surface area contributed by atoms with Crippen molar-refractivity contribution in [2.45, 2.75) is 13.3 Å². The lowest BCUT2D eigenvalue weighted by Gasteiger charge is -2.10. The maximum Gasteiger partial charge on any atom is 0.103 e. The molecule has 1 aromatic carbocycles. The molecule has 0 aliphatic rings. The predicted octanol–water partition coefficient (Wildman–Crippen LogP) is 3.53. The number of thiazole rings is 1. The van der Waals surface area contributed by atoms with E-state index >= 15 is 0 Å². The first-order valence-corrected chi connectivity index (χ1v) is 7.52. The summed E-state index contributed by atoms with van der Waals surface area (Å²) in [7, 11) is 0. The van der Waals surface area contributed by atoms with Gasteiger partial charge in [-0.3, -0.25) is 4.98 Å². The molecule has 4 nitrogen and oxygen atoms in total.